The number of nitrogens with one attached hydrogen (secondary N) is 1. The van der Waals surface area contributed by atoms with Gasteiger partial charge in [0.15, 0.2) is 0 Å². The molecule has 1 aliphatic heterocycles. The average molecular weight is 393 g/mol. The highest BCUT2D eigenvalue weighted by atomic mass is 35.5. The number of halogens is 2. The first-order valence-corrected chi connectivity index (χ1v) is 8.92. The lowest BCUT2D eigenvalue weighted by Gasteiger charge is -2.34. The number of benzene rings is 1. The standard InChI is InChI=1S/C18H18Cl2N4O2/c1-12(25)23-6-8-24(9-7-23)18(26)13-4-5-21-17(10-13)22-16-11-14(19)2-3-15(16)20/h2-5,10-11H,6-9H2,1H3,(H,21,22). The van der Waals surface area contributed by atoms with Crippen LogP contribution in [-0.2, 0) is 4.79 Å². The zero-order valence-corrected chi connectivity index (χ0v) is 15.7. The molecule has 1 saturated heterocycles. The number of piperazine rings is 1. The van der Waals surface area contributed by atoms with Gasteiger partial charge in [0.25, 0.3) is 5.91 Å². The zero-order valence-electron chi connectivity index (χ0n) is 14.2. The number of nitrogens with zero attached hydrogens (tertiary/aromatic N) is 3. The van der Waals surface area contributed by atoms with Gasteiger partial charge in [0.2, 0.25) is 5.91 Å². The van der Waals surface area contributed by atoms with E-state index in [1.165, 1.54) is 0 Å². The fourth-order valence-corrected chi connectivity index (χ4v) is 3.11. The van der Waals surface area contributed by atoms with E-state index in [2.05, 4.69) is 10.3 Å². The molecule has 2 aromatic rings. The maximum atomic E-state index is 12.7. The maximum Gasteiger partial charge on any atom is 0.254 e. The zero-order chi connectivity index (χ0) is 18.7. The topological polar surface area (TPSA) is 65.5 Å². The van der Waals surface area contributed by atoms with E-state index in [4.69, 9.17) is 23.2 Å². The molecule has 1 aliphatic rings. The van der Waals surface area contributed by atoms with Crippen LogP contribution in [0.2, 0.25) is 10.0 Å². The van der Waals surface area contributed by atoms with Gasteiger partial charge in [-0.3, -0.25) is 9.59 Å². The van der Waals surface area contributed by atoms with Gasteiger partial charge in [0, 0.05) is 49.9 Å². The largest absolute Gasteiger partial charge is 0.339 e. The number of carbonyl (C=O) groups excluding carboxylic acids is 2. The van der Waals surface area contributed by atoms with Crippen LogP contribution in [0.15, 0.2) is 36.5 Å². The Bertz CT molecular complexity index is 836. The molecule has 0 spiro atoms. The van der Waals surface area contributed by atoms with Gasteiger partial charge in [-0.15, -0.1) is 0 Å². The number of pyridine rings is 1. The van der Waals surface area contributed by atoms with Gasteiger partial charge in [-0.1, -0.05) is 23.2 Å². The van der Waals surface area contributed by atoms with Crippen LogP contribution < -0.4 is 5.32 Å². The van der Waals surface area contributed by atoms with Crippen molar-refractivity contribution in [2.75, 3.05) is 31.5 Å². The quantitative estimate of drug-likeness (QED) is 0.868. The van der Waals surface area contributed by atoms with Crippen LogP contribution in [0.5, 0.6) is 0 Å². The molecule has 1 aromatic carbocycles. The summed E-state index contributed by atoms with van der Waals surface area (Å²) in [5.74, 6) is 0.448. The fraction of sp³-hybridized carbons (Fsp3) is 0.278. The summed E-state index contributed by atoms with van der Waals surface area (Å²) in [6.07, 6.45) is 1.57. The molecule has 0 saturated carbocycles. The second-order valence-corrected chi connectivity index (χ2v) is 6.82. The number of hydrogen-bond donors (Lipinski definition) is 1. The van der Waals surface area contributed by atoms with Gasteiger partial charge in [-0.2, -0.15) is 0 Å². The summed E-state index contributed by atoms with van der Waals surface area (Å²) >= 11 is 12.1. The second kappa shape index (κ2) is 7.93. The van der Waals surface area contributed by atoms with Crippen LogP contribution in [-0.4, -0.2) is 52.8 Å². The highest BCUT2D eigenvalue weighted by Crippen LogP contribution is 2.28. The van der Waals surface area contributed by atoms with Crippen molar-refractivity contribution in [1.29, 1.82) is 0 Å². The summed E-state index contributed by atoms with van der Waals surface area (Å²) in [6, 6.07) is 8.43. The Kier molecular flexibility index (Phi) is 5.64. The van der Waals surface area contributed by atoms with Crippen molar-refractivity contribution in [2.24, 2.45) is 0 Å². The lowest BCUT2D eigenvalue weighted by molar-refractivity contribution is -0.130. The van der Waals surface area contributed by atoms with Gasteiger partial charge >= 0.3 is 0 Å². The Morgan fingerprint density at radius 1 is 1.04 bits per heavy atom. The first kappa shape index (κ1) is 18.5. The number of amides is 2. The SMILES string of the molecule is CC(=O)N1CCN(C(=O)c2ccnc(Nc3cc(Cl)ccc3Cl)c2)CC1. The Balaban J connectivity index is 1.72. The third-order valence-electron chi connectivity index (χ3n) is 4.21. The number of carbonyl (C=O) groups is 2. The first-order valence-electron chi connectivity index (χ1n) is 8.17. The predicted molar refractivity (Wildman–Crippen MR) is 102 cm³/mol. The van der Waals surface area contributed by atoms with E-state index < -0.39 is 0 Å². The molecule has 2 amide bonds. The summed E-state index contributed by atoms with van der Waals surface area (Å²) in [5, 5.41) is 4.14. The van der Waals surface area contributed by atoms with Gasteiger partial charge in [0.1, 0.15) is 5.82 Å². The van der Waals surface area contributed by atoms with Crippen molar-refractivity contribution in [3.05, 3.63) is 52.1 Å². The number of rotatable bonds is 3. The lowest BCUT2D eigenvalue weighted by Crippen LogP contribution is -2.50. The molecule has 8 heteroatoms. The minimum absolute atomic E-state index is 0.0332. The molecule has 0 bridgehead atoms. The van der Waals surface area contributed by atoms with E-state index in [0.29, 0.717) is 53.3 Å². The highest BCUT2D eigenvalue weighted by Gasteiger charge is 2.23. The molecule has 1 N–H and O–H groups in total. The minimum atomic E-state index is -0.0872. The molecular weight excluding hydrogens is 375 g/mol. The van der Waals surface area contributed by atoms with Crippen LogP contribution in [0.3, 0.4) is 0 Å². The summed E-state index contributed by atoms with van der Waals surface area (Å²) in [7, 11) is 0. The van der Waals surface area contributed by atoms with E-state index in [9.17, 15) is 9.59 Å². The first-order chi connectivity index (χ1) is 12.4. The predicted octanol–water partition coefficient (Wildman–Crippen LogP) is 3.44. The number of anilines is 2. The van der Waals surface area contributed by atoms with Crippen molar-refractivity contribution in [2.45, 2.75) is 6.92 Å². The maximum absolute atomic E-state index is 12.7. The normalized spacial score (nSPS) is 14.3. The molecule has 136 valence electrons. The molecule has 3 rings (SSSR count). The molecule has 26 heavy (non-hydrogen) atoms. The monoisotopic (exact) mass is 392 g/mol. The molecule has 0 atom stereocenters. The van der Waals surface area contributed by atoms with Crippen molar-refractivity contribution >= 4 is 46.5 Å². The van der Waals surface area contributed by atoms with E-state index in [1.54, 1.807) is 53.3 Å². The molecular formula is C18H18Cl2N4O2. The smallest absolute Gasteiger partial charge is 0.254 e. The van der Waals surface area contributed by atoms with Crippen LogP contribution in [0.1, 0.15) is 17.3 Å². The van der Waals surface area contributed by atoms with E-state index in [1.807, 2.05) is 0 Å². The Hall–Kier alpha value is -2.31. The van der Waals surface area contributed by atoms with Crippen molar-refractivity contribution in [1.82, 2.24) is 14.8 Å². The van der Waals surface area contributed by atoms with Crippen LogP contribution in [0, 0.1) is 0 Å². The highest BCUT2D eigenvalue weighted by molar-refractivity contribution is 6.35. The summed E-state index contributed by atoms with van der Waals surface area (Å²) in [4.78, 5) is 31.8. The molecule has 6 nitrogen and oxygen atoms in total. The third-order valence-corrected chi connectivity index (χ3v) is 4.77. The van der Waals surface area contributed by atoms with Gasteiger partial charge in [0.05, 0.1) is 10.7 Å². The number of aromatic nitrogens is 1. The molecule has 2 heterocycles. The molecule has 0 radical (unpaired) electrons. The fourth-order valence-electron chi connectivity index (χ4n) is 2.77. The molecule has 1 fully saturated rings. The van der Waals surface area contributed by atoms with Crippen LogP contribution in [0.4, 0.5) is 11.5 Å². The summed E-state index contributed by atoms with van der Waals surface area (Å²) in [5.41, 5.74) is 1.14. The number of hydrogen-bond acceptors (Lipinski definition) is 4. The molecule has 0 unspecified atom stereocenters. The van der Waals surface area contributed by atoms with E-state index in [-0.39, 0.29) is 11.8 Å². The summed E-state index contributed by atoms with van der Waals surface area (Å²) in [6.45, 7) is 3.68. The van der Waals surface area contributed by atoms with Crippen LogP contribution in [0.25, 0.3) is 0 Å². The van der Waals surface area contributed by atoms with E-state index >= 15 is 0 Å². The second-order valence-electron chi connectivity index (χ2n) is 5.98. The summed E-state index contributed by atoms with van der Waals surface area (Å²) < 4.78 is 0. The van der Waals surface area contributed by atoms with Crippen molar-refractivity contribution < 1.29 is 9.59 Å². The van der Waals surface area contributed by atoms with Gasteiger partial charge in [-0.05, 0) is 30.3 Å². The third kappa shape index (κ3) is 4.26. The van der Waals surface area contributed by atoms with E-state index in [0.717, 1.165) is 0 Å². The lowest BCUT2D eigenvalue weighted by atomic mass is 10.2. The van der Waals surface area contributed by atoms with Gasteiger partial charge < -0.3 is 15.1 Å². The van der Waals surface area contributed by atoms with Crippen molar-refractivity contribution in [3.8, 4) is 0 Å². The Morgan fingerprint density at radius 2 is 1.73 bits per heavy atom. The van der Waals surface area contributed by atoms with Crippen LogP contribution >= 0.6 is 23.2 Å². The minimum Gasteiger partial charge on any atom is -0.339 e. The molecule has 0 aliphatic carbocycles. The molecule has 1 aromatic heterocycles. The Labute approximate surface area is 161 Å². The average Bonchev–Trinajstić information content (AvgIpc) is 2.64. The van der Waals surface area contributed by atoms with Gasteiger partial charge in [-0.25, -0.2) is 4.98 Å². The van der Waals surface area contributed by atoms with Crippen molar-refractivity contribution in [3.63, 3.8) is 0 Å². The Morgan fingerprint density at radius 3 is 2.42 bits per heavy atom.